The van der Waals surface area contributed by atoms with E-state index in [1.54, 1.807) is 11.8 Å². The van der Waals surface area contributed by atoms with Crippen LogP contribution < -0.4 is 4.74 Å². The number of carbonyl (C=O) groups excluding carboxylic acids is 1. The van der Waals surface area contributed by atoms with Crippen molar-refractivity contribution >= 4 is 5.91 Å². The maximum absolute atomic E-state index is 13.1. The van der Waals surface area contributed by atoms with E-state index in [1.165, 1.54) is 6.07 Å². The van der Waals surface area contributed by atoms with Crippen molar-refractivity contribution in [2.75, 3.05) is 19.7 Å². The lowest BCUT2D eigenvalue weighted by Crippen LogP contribution is -2.46. The molecule has 2 rings (SSSR count). The van der Waals surface area contributed by atoms with Gasteiger partial charge in [-0.05, 0) is 38.8 Å². The minimum absolute atomic E-state index is 0.143. The van der Waals surface area contributed by atoms with Gasteiger partial charge in [0.2, 0.25) is 0 Å². The van der Waals surface area contributed by atoms with Crippen molar-refractivity contribution in [1.82, 2.24) is 4.90 Å². The molecule has 1 aromatic rings. The van der Waals surface area contributed by atoms with Crippen molar-refractivity contribution in [3.05, 3.63) is 29.8 Å². The number of hydrogen-bond acceptors (Lipinski definition) is 3. The number of rotatable bonds is 5. The summed E-state index contributed by atoms with van der Waals surface area (Å²) in [7, 11) is 0. The minimum Gasteiger partial charge on any atom is -0.481 e. The molecule has 1 aromatic carbocycles. The predicted molar refractivity (Wildman–Crippen MR) is 77.7 cm³/mol. The normalized spacial score (nSPS) is 17.4. The molecule has 22 heavy (non-hydrogen) atoms. The van der Waals surface area contributed by atoms with Crippen LogP contribution >= 0.6 is 0 Å². The second kappa shape index (κ2) is 7.54. The maximum atomic E-state index is 13.1. The summed E-state index contributed by atoms with van der Waals surface area (Å²) >= 11 is 0. The van der Waals surface area contributed by atoms with Crippen LogP contribution in [0.3, 0.4) is 0 Å². The van der Waals surface area contributed by atoms with Gasteiger partial charge in [-0.25, -0.2) is 8.78 Å². The topological polar surface area (TPSA) is 38.8 Å². The summed E-state index contributed by atoms with van der Waals surface area (Å²) < 4.78 is 37.0. The third kappa shape index (κ3) is 4.16. The number of halogens is 2. The van der Waals surface area contributed by atoms with Crippen LogP contribution in [0.15, 0.2) is 18.2 Å². The molecule has 1 aliphatic heterocycles. The number of carbonyl (C=O) groups is 1. The van der Waals surface area contributed by atoms with Gasteiger partial charge >= 0.3 is 0 Å². The van der Waals surface area contributed by atoms with Crippen molar-refractivity contribution in [3.63, 3.8) is 0 Å². The van der Waals surface area contributed by atoms with Crippen LogP contribution in [0.2, 0.25) is 0 Å². The second-order valence-corrected chi connectivity index (χ2v) is 5.32. The van der Waals surface area contributed by atoms with E-state index in [4.69, 9.17) is 9.47 Å². The van der Waals surface area contributed by atoms with Gasteiger partial charge in [0, 0.05) is 25.8 Å². The number of ether oxygens (including phenoxy) is 2. The Balaban J connectivity index is 1.88. The minimum atomic E-state index is -0.991. The highest BCUT2D eigenvalue weighted by Crippen LogP contribution is 2.19. The smallest absolute Gasteiger partial charge is 0.263 e. The average molecular weight is 313 g/mol. The van der Waals surface area contributed by atoms with Crippen LogP contribution in [0.5, 0.6) is 5.75 Å². The third-order valence-electron chi connectivity index (χ3n) is 3.71. The Morgan fingerprint density at radius 2 is 2.00 bits per heavy atom. The van der Waals surface area contributed by atoms with Crippen LogP contribution in [0.25, 0.3) is 0 Å². The maximum Gasteiger partial charge on any atom is 0.263 e. The van der Waals surface area contributed by atoms with E-state index in [1.807, 2.05) is 6.92 Å². The van der Waals surface area contributed by atoms with Crippen LogP contribution in [-0.4, -0.2) is 42.7 Å². The Hall–Kier alpha value is -1.69. The molecule has 0 aromatic heterocycles. The fourth-order valence-corrected chi connectivity index (χ4v) is 2.54. The first-order valence-corrected chi connectivity index (χ1v) is 7.53. The SMILES string of the molecule is CCOC1CCN(C(=O)[C@H](C)Oc2ccc(F)c(F)c2)CC1. The quantitative estimate of drug-likeness (QED) is 0.839. The van der Waals surface area contributed by atoms with Crippen molar-refractivity contribution in [2.24, 2.45) is 0 Å². The Bertz CT molecular complexity index is 516. The lowest BCUT2D eigenvalue weighted by molar-refractivity contribution is -0.140. The van der Waals surface area contributed by atoms with Crippen molar-refractivity contribution in [1.29, 1.82) is 0 Å². The number of amides is 1. The molecule has 1 fully saturated rings. The zero-order valence-corrected chi connectivity index (χ0v) is 12.9. The van der Waals surface area contributed by atoms with E-state index in [2.05, 4.69) is 0 Å². The van der Waals surface area contributed by atoms with Crippen LogP contribution in [0.4, 0.5) is 8.78 Å². The van der Waals surface area contributed by atoms with E-state index in [0.717, 1.165) is 25.0 Å². The molecule has 1 heterocycles. The van der Waals surface area contributed by atoms with Gasteiger partial charge in [-0.3, -0.25) is 4.79 Å². The number of likely N-dealkylation sites (tertiary alicyclic amines) is 1. The Labute approximate surface area is 129 Å². The predicted octanol–water partition coefficient (Wildman–Crippen LogP) is 2.76. The standard InChI is InChI=1S/C16H21F2NO3/c1-3-21-12-6-8-19(9-7-12)16(20)11(2)22-13-4-5-14(17)15(18)10-13/h4-5,10-12H,3,6-9H2,1-2H3/t11-/m0/s1. The Kier molecular flexibility index (Phi) is 5.71. The van der Waals surface area contributed by atoms with Crippen molar-refractivity contribution < 1.29 is 23.0 Å². The largest absolute Gasteiger partial charge is 0.481 e. The van der Waals surface area contributed by atoms with Crippen LogP contribution in [0, 0.1) is 11.6 Å². The van der Waals surface area contributed by atoms with E-state index in [-0.39, 0.29) is 17.8 Å². The first-order chi connectivity index (χ1) is 10.5. The van der Waals surface area contributed by atoms with E-state index >= 15 is 0 Å². The van der Waals surface area contributed by atoms with Crippen LogP contribution in [0.1, 0.15) is 26.7 Å². The molecular formula is C16H21F2NO3. The lowest BCUT2D eigenvalue weighted by atomic mass is 10.1. The van der Waals surface area contributed by atoms with Gasteiger partial charge in [0.15, 0.2) is 17.7 Å². The van der Waals surface area contributed by atoms with Gasteiger partial charge in [-0.1, -0.05) is 0 Å². The van der Waals surface area contributed by atoms with Gasteiger partial charge < -0.3 is 14.4 Å². The highest BCUT2D eigenvalue weighted by Gasteiger charge is 2.27. The van der Waals surface area contributed by atoms with Crippen molar-refractivity contribution in [2.45, 2.75) is 38.9 Å². The summed E-state index contributed by atoms with van der Waals surface area (Å²) in [5, 5.41) is 0. The molecule has 1 aliphatic rings. The number of nitrogens with zero attached hydrogens (tertiary/aromatic N) is 1. The number of piperidine rings is 1. The first-order valence-electron chi connectivity index (χ1n) is 7.53. The summed E-state index contributed by atoms with van der Waals surface area (Å²) in [5.74, 6) is -1.94. The second-order valence-electron chi connectivity index (χ2n) is 5.32. The summed E-state index contributed by atoms with van der Waals surface area (Å²) in [6.45, 7) is 5.48. The summed E-state index contributed by atoms with van der Waals surface area (Å²) in [6.07, 6.45) is 1.07. The Morgan fingerprint density at radius 3 is 2.59 bits per heavy atom. The Morgan fingerprint density at radius 1 is 1.32 bits per heavy atom. The fraction of sp³-hybridized carbons (Fsp3) is 0.562. The van der Waals surface area contributed by atoms with E-state index < -0.39 is 17.7 Å². The molecule has 0 unspecified atom stereocenters. The molecule has 0 radical (unpaired) electrons. The molecule has 0 N–H and O–H groups in total. The molecule has 0 spiro atoms. The highest BCUT2D eigenvalue weighted by atomic mass is 19.2. The van der Waals surface area contributed by atoms with Gasteiger partial charge in [0.05, 0.1) is 6.10 Å². The molecule has 6 heteroatoms. The third-order valence-corrected chi connectivity index (χ3v) is 3.71. The van der Waals surface area contributed by atoms with Crippen LogP contribution in [-0.2, 0) is 9.53 Å². The van der Waals surface area contributed by atoms with Gasteiger partial charge in [0.1, 0.15) is 5.75 Å². The molecule has 0 bridgehead atoms. The van der Waals surface area contributed by atoms with Gasteiger partial charge in [-0.15, -0.1) is 0 Å². The lowest BCUT2D eigenvalue weighted by Gasteiger charge is -2.33. The molecule has 1 atom stereocenters. The van der Waals surface area contributed by atoms with Gasteiger partial charge in [0.25, 0.3) is 5.91 Å². The summed E-state index contributed by atoms with van der Waals surface area (Å²) in [5.41, 5.74) is 0. The highest BCUT2D eigenvalue weighted by molar-refractivity contribution is 5.81. The number of hydrogen-bond donors (Lipinski definition) is 0. The molecule has 1 amide bonds. The van der Waals surface area contributed by atoms with Gasteiger partial charge in [-0.2, -0.15) is 0 Å². The molecule has 0 saturated carbocycles. The molecular weight excluding hydrogens is 292 g/mol. The zero-order chi connectivity index (χ0) is 16.1. The van der Waals surface area contributed by atoms with E-state index in [9.17, 15) is 13.6 Å². The summed E-state index contributed by atoms with van der Waals surface area (Å²) in [4.78, 5) is 14.0. The summed E-state index contributed by atoms with van der Waals surface area (Å²) in [6, 6.07) is 3.24. The van der Waals surface area contributed by atoms with E-state index in [0.29, 0.717) is 19.7 Å². The average Bonchev–Trinajstić information content (AvgIpc) is 2.51. The molecule has 1 saturated heterocycles. The number of benzene rings is 1. The molecule has 4 nitrogen and oxygen atoms in total. The van der Waals surface area contributed by atoms with Crippen molar-refractivity contribution in [3.8, 4) is 5.75 Å². The molecule has 122 valence electrons. The molecule has 0 aliphatic carbocycles. The monoisotopic (exact) mass is 313 g/mol. The fourth-order valence-electron chi connectivity index (χ4n) is 2.54. The zero-order valence-electron chi connectivity index (χ0n) is 12.9. The first kappa shape index (κ1) is 16.7.